The lowest BCUT2D eigenvalue weighted by Gasteiger charge is -2.51. The summed E-state index contributed by atoms with van der Waals surface area (Å²) in [6.07, 6.45) is 5.74. The van der Waals surface area contributed by atoms with Gasteiger partial charge in [-0.25, -0.2) is 0 Å². The van der Waals surface area contributed by atoms with Gasteiger partial charge in [-0.1, -0.05) is 39.3 Å². The Hall–Kier alpha value is -0.300. The summed E-state index contributed by atoms with van der Waals surface area (Å²) in [5, 5.41) is 10.7. The summed E-state index contributed by atoms with van der Waals surface area (Å²) in [6, 6.07) is 0. The number of allylic oxidation sites excluding steroid dienone is 1. The lowest BCUT2D eigenvalue weighted by Crippen LogP contribution is -2.49. The zero-order valence-corrected chi connectivity index (χ0v) is 11.9. The van der Waals surface area contributed by atoms with Gasteiger partial charge in [0.2, 0.25) is 0 Å². The molecule has 0 aromatic carbocycles. The molecule has 5 unspecified atom stereocenters. The van der Waals surface area contributed by atoms with Gasteiger partial charge >= 0.3 is 0 Å². The van der Waals surface area contributed by atoms with Gasteiger partial charge in [0.25, 0.3) is 0 Å². The second-order valence-corrected chi connectivity index (χ2v) is 6.91. The van der Waals surface area contributed by atoms with Crippen molar-refractivity contribution in [3.05, 3.63) is 12.2 Å². The molecule has 1 nitrogen and oxygen atoms in total. The van der Waals surface area contributed by atoms with E-state index in [0.29, 0.717) is 17.8 Å². The highest BCUT2D eigenvalue weighted by molar-refractivity contribution is 5.20. The molecular weight excluding hydrogens is 208 g/mol. The molecule has 0 amide bonds. The molecule has 1 N–H and O–H groups in total. The first-order valence-corrected chi connectivity index (χ1v) is 7.24. The molecule has 0 aromatic heterocycles. The Bertz CT molecular complexity index is 317. The van der Waals surface area contributed by atoms with Crippen molar-refractivity contribution < 1.29 is 5.11 Å². The van der Waals surface area contributed by atoms with Crippen LogP contribution in [0.5, 0.6) is 0 Å². The zero-order valence-electron chi connectivity index (χ0n) is 11.9. The van der Waals surface area contributed by atoms with E-state index in [-0.39, 0.29) is 5.41 Å². The predicted molar refractivity (Wildman–Crippen MR) is 72.8 cm³/mol. The first-order chi connectivity index (χ1) is 7.83. The van der Waals surface area contributed by atoms with Gasteiger partial charge < -0.3 is 5.11 Å². The molecule has 0 heterocycles. The summed E-state index contributed by atoms with van der Waals surface area (Å²) in [5.74, 6) is 1.86. The highest BCUT2D eigenvalue weighted by atomic mass is 16.3. The van der Waals surface area contributed by atoms with E-state index in [1.807, 2.05) is 0 Å². The molecule has 98 valence electrons. The smallest absolute Gasteiger partial charge is 0.0676 e. The van der Waals surface area contributed by atoms with Crippen LogP contribution in [0.2, 0.25) is 0 Å². The molecule has 0 bridgehead atoms. The molecule has 17 heavy (non-hydrogen) atoms. The Labute approximate surface area is 106 Å². The topological polar surface area (TPSA) is 20.2 Å². The van der Waals surface area contributed by atoms with E-state index in [0.717, 1.165) is 12.8 Å². The van der Waals surface area contributed by atoms with Crippen molar-refractivity contribution in [2.45, 2.75) is 65.4 Å². The van der Waals surface area contributed by atoms with Crippen LogP contribution in [0, 0.1) is 23.2 Å². The Balaban J connectivity index is 2.34. The van der Waals surface area contributed by atoms with Crippen molar-refractivity contribution in [2.24, 2.45) is 23.2 Å². The molecule has 5 atom stereocenters. The monoisotopic (exact) mass is 236 g/mol. The SMILES string of the molecule is C=C1C(C)CC2(C)C(CCC2(C)O)C1CCC. The van der Waals surface area contributed by atoms with E-state index in [2.05, 4.69) is 34.3 Å². The second-order valence-electron chi connectivity index (χ2n) is 6.91. The highest BCUT2D eigenvalue weighted by Gasteiger charge is 2.58. The van der Waals surface area contributed by atoms with E-state index in [1.54, 1.807) is 0 Å². The van der Waals surface area contributed by atoms with Crippen molar-refractivity contribution in [1.29, 1.82) is 0 Å². The Kier molecular flexibility index (Phi) is 3.18. The molecule has 2 rings (SSSR count). The number of hydrogen-bond acceptors (Lipinski definition) is 1. The van der Waals surface area contributed by atoms with Crippen LogP contribution in [-0.2, 0) is 0 Å². The largest absolute Gasteiger partial charge is 0.390 e. The molecule has 0 spiro atoms. The van der Waals surface area contributed by atoms with E-state index in [9.17, 15) is 5.11 Å². The summed E-state index contributed by atoms with van der Waals surface area (Å²) < 4.78 is 0. The average molecular weight is 236 g/mol. The predicted octanol–water partition coefficient (Wildman–Crippen LogP) is 4.17. The fourth-order valence-electron chi connectivity index (χ4n) is 4.55. The Morgan fingerprint density at radius 3 is 2.65 bits per heavy atom. The molecule has 0 radical (unpaired) electrons. The van der Waals surface area contributed by atoms with Crippen LogP contribution in [0.15, 0.2) is 12.2 Å². The first kappa shape index (κ1) is 13.1. The summed E-state index contributed by atoms with van der Waals surface area (Å²) in [5.41, 5.74) is 1.08. The molecule has 2 aliphatic rings. The van der Waals surface area contributed by atoms with E-state index < -0.39 is 5.60 Å². The van der Waals surface area contributed by atoms with Crippen LogP contribution in [-0.4, -0.2) is 10.7 Å². The van der Waals surface area contributed by atoms with Gasteiger partial charge in [0, 0.05) is 0 Å². The third-order valence-electron chi connectivity index (χ3n) is 5.92. The molecular formula is C16H28O. The lowest BCUT2D eigenvalue weighted by atomic mass is 9.55. The maximum absolute atomic E-state index is 10.7. The van der Waals surface area contributed by atoms with Crippen molar-refractivity contribution >= 4 is 0 Å². The third kappa shape index (κ3) is 1.78. The van der Waals surface area contributed by atoms with Crippen LogP contribution >= 0.6 is 0 Å². The maximum atomic E-state index is 10.7. The molecule has 0 aliphatic heterocycles. The number of hydrogen-bond donors (Lipinski definition) is 1. The Morgan fingerprint density at radius 1 is 1.41 bits per heavy atom. The van der Waals surface area contributed by atoms with E-state index in [1.165, 1.54) is 24.8 Å². The van der Waals surface area contributed by atoms with Gasteiger partial charge in [0.1, 0.15) is 0 Å². The lowest BCUT2D eigenvalue weighted by molar-refractivity contribution is -0.0834. The molecule has 2 saturated carbocycles. The second kappa shape index (κ2) is 4.12. The van der Waals surface area contributed by atoms with Gasteiger partial charge in [-0.15, -0.1) is 0 Å². The van der Waals surface area contributed by atoms with Gasteiger partial charge in [0.15, 0.2) is 0 Å². The first-order valence-electron chi connectivity index (χ1n) is 7.24. The van der Waals surface area contributed by atoms with Crippen molar-refractivity contribution in [3.8, 4) is 0 Å². The fourth-order valence-corrected chi connectivity index (χ4v) is 4.55. The number of aliphatic hydroxyl groups is 1. The summed E-state index contributed by atoms with van der Waals surface area (Å²) in [6.45, 7) is 13.3. The fraction of sp³-hybridized carbons (Fsp3) is 0.875. The maximum Gasteiger partial charge on any atom is 0.0676 e. The molecule has 0 aromatic rings. The quantitative estimate of drug-likeness (QED) is 0.714. The normalized spacial score (nSPS) is 50.4. The molecule has 2 aliphatic carbocycles. The van der Waals surface area contributed by atoms with Gasteiger partial charge in [0.05, 0.1) is 5.60 Å². The van der Waals surface area contributed by atoms with Crippen LogP contribution in [0.1, 0.15) is 59.8 Å². The molecule has 0 saturated heterocycles. The van der Waals surface area contributed by atoms with E-state index in [4.69, 9.17) is 0 Å². The Morgan fingerprint density at radius 2 is 2.06 bits per heavy atom. The molecule has 2 fully saturated rings. The minimum atomic E-state index is -0.474. The molecule has 1 heteroatoms. The average Bonchev–Trinajstić information content (AvgIpc) is 2.46. The third-order valence-corrected chi connectivity index (χ3v) is 5.92. The summed E-state index contributed by atoms with van der Waals surface area (Å²) >= 11 is 0. The minimum Gasteiger partial charge on any atom is -0.390 e. The minimum absolute atomic E-state index is 0.105. The summed E-state index contributed by atoms with van der Waals surface area (Å²) in [4.78, 5) is 0. The van der Waals surface area contributed by atoms with Gasteiger partial charge in [-0.05, 0) is 55.8 Å². The number of fused-ring (bicyclic) bond motifs is 1. The van der Waals surface area contributed by atoms with Crippen LogP contribution in [0.4, 0.5) is 0 Å². The number of rotatable bonds is 2. The van der Waals surface area contributed by atoms with Crippen molar-refractivity contribution in [3.63, 3.8) is 0 Å². The van der Waals surface area contributed by atoms with Crippen molar-refractivity contribution in [1.82, 2.24) is 0 Å². The van der Waals surface area contributed by atoms with Crippen molar-refractivity contribution in [2.75, 3.05) is 0 Å². The van der Waals surface area contributed by atoms with Crippen LogP contribution in [0.25, 0.3) is 0 Å². The standard InChI is InChI=1S/C16H28O/c1-6-7-13-12(3)11(2)10-15(4)14(13)8-9-16(15,5)17/h11,13-14,17H,3,6-10H2,1-2,4-5H3. The van der Waals surface area contributed by atoms with Gasteiger partial charge in [-0.2, -0.15) is 0 Å². The summed E-state index contributed by atoms with van der Waals surface area (Å²) in [7, 11) is 0. The zero-order chi connectivity index (χ0) is 12.8. The van der Waals surface area contributed by atoms with Crippen LogP contribution in [0.3, 0.4) is 0 Å². The van der Waals surface area contributed by atoms with Gasteiger partial charge in [-0.3, -0.25) is 0 Å². The highest BCUT2D eigenvalue weighted by Crippen LogP contribution is 2.62. The van der Waals surface area contributed by atoms with Crippen LogP contribution < -0.4 is 0 Å². The van der Waals surface area contributed by atoms with E-state index >= 15 is 0 Å².